The molecule has 2 rings (SSSR count). The molecule has 0 aromatic heterocycles. The van der Waals surface area contributed by atoms with Crippen LogP contribution in [0.4, 0.5) is 0 Å². The lowest BCUT2D eigenvalue weighted by atomic mass is 10.0. The highest BCUT2D eigenvalue weighted by Crippen LogP contribution is 2.19. The molecule has 4 heteroatoms. The highest BCUT2D eigenvalue weighted by Gasteiger charge is 2.14. The number of halogens is 1. The molecular formula is C17H20ClNO2. The zero-order valence-corrected chi connectivity index (χ0v) is 12.8. The third kappa shape index (κ3) is 4.88. The van der Waals surface area contributed by atoms with Gasteiger partial charge in [-0.1, -0.05) is 54.6 Å². The number of hydrogen-bond acceptors (Lipinski definition) is 3. The van der Waals surface area contributed by atoms with Crippen LogP contribution < -0.4 is 5.73 Å². The van der Waals surface area contributed by atoms with Gasteiger partial charge in [0.1, 0.15) is 6.04 Å². The van der Waals surface area contributed by atoms with Gasteiger partial charge in [0.25, 0.3) is 0 Å². The topological polar surface area (TPSA) is 52.3 Å². The van der Waals surface area contributed by atoms with Crippen molar-refractivity contribution in [2.75, 3.05) is 6.61 Å². The fourth-order valence-corrected chi connectivity index (χ4v) is 2.05. The van der Waals surface area contributed by atoms with Crippen LogP contribution in [0.25, 0.3) is 11.1 Å². The number of benzene rings is 2. The fraction of sp³-hybridized carbons (Fsp3) is 0.235. The molecule has 3 nitrogen and oxygen atoms in total. The van der Waals surface area contributed by atoms with E-state index in [1.165, 1.54) is 5.56 Å². The van der Waals surface area contributed by atoms with Crippen LogP contribution in [0.5, 0.6) is 0 Å². The Morgan fingerprint density at radius 3 is 2.19 bits per heavy atom. The zero-order chi connectivity index (χ0) is 14.4. The summed E-state index contributed by atoms with van der Waals surface area (Å²) in [5.41, 5.74) is 9.17. The van der Waals surface area contributed by atoms with Crippen LogP contribution in [0.1, 0.15) is 12.5 Å². The van der Waals surface area contributed by atoms with E-state index in [1.54, 1.807) is 6.92 Å². The van der Waals surface area contributed by atoms with Crippen molar-refractivity contribution in [3.8, 4) is 11.1 Å². The second-order valence-electron chi connectivity index (χ2n) is 4.63. The molecule has 0 radical (unpaired) electrons. The maximum Gasteiger partial charge on any atom is 0.323 e. The normalized spacial score (nSPS) is 11.3. The van der Waals surface area contributed by atoms with Gasteiger partial charge in [-0.25, -0.2) is 0 Å². The number of esters is 1. The molecule has 0 aliphatic rings. The first-order valence-electron chi connectivity index (χ1n) is 6.77. The lowest BCUT2D eigenvalue weighted by Gasteiger charge is -2.11. The predicted molar refractivity (Wildman–Crippen MR) is 87.4 cm³/mol. The molecule has 1 atom stereocenters. The number of nitrogens with two attached hydrogens (primary N) is 1. The van der Waals surface area contributed by atoms with Gasteiger partial charge in [0.15, 0.2) is 0 Å². The number of rotatable bonds is 5. The number of carbonyl (C=O) groups is 1. The van der Waals surface area contributed by atoms with Crippen LogP contribution >= 0.6 is 12.4 Å². The van der Waals surface area contributed by atoms with E-state index in [9.17, 15) is 4.79 Å². The molecule has 0 fully saturated rings. The maximum atomic E-state index is 11.5. The number of carbonyl (C=O) groups excluding carboxylic acids is 1. The first kappa shape index (κ1) is 17.2. The Balaban J connectivity index is 0.00000220. The Kier molecular flexibility index (Phi) is 6.92. The smallest absolute Gasteiger partial charge is 0.323 e. The third-order valence-electron chi connectivity index (χ3n) is 3.11. The van der Waals surface area contributed by atoms with Gasteiger partial charge in [-0.2, -0.15) is 0 Å². The molecule has 2 aromatic rings. The van der Waals surface area contributed by atoms with Crippen LogP contribution in [0.2, 0.25) is 0 Å². The molecule has 0 saturated carbocycles. The minimum atomic E-state index is -0.600. The van der Waals surface area contributed by atoms with E-state index in [2.05, 4.69) is 12.1 Å². The lowest BCUT2D eigenvalue weighted by Crippen LogP contribution is -2.34. The quantitative estimate of drug-likeness (QED) is 0.863. The van der Waals surface area contributed by atoms with E-state index in [4.69, 9.17) is 10.5 Å². The van der Waals surface area contributed by atoms with Gasteiger partial charge in [0, 0.05) is 0 Å². The molecule has 0 bridgehead atoms. The predicted octanol–water partition coefficient (Wildman–Crippen LogP) is 3.21. The maximum absolute atomic E-state index is 11.5. The third-order valence-corrected chi connectivity index (χ3v) is 3.11. The first-order valence-corrected chi connectivity index (χ1v) is 6.77. The molecule has 1 unspecified atom stereocenters. The van der Waals surface area contributed by atoms with Crippen molar-refractivity contribution in [3.05, 3.63) is 60.2 Å². The molecule has 2 aromatic carbocycles. The Labute approximate surface area is 131 Å². The Morgan fingerprint density at radius 1 is 1.05 bits per heavy atom. The van der Waals surface area contributed by atoms with Crippen molar-refractivity contribution in [1.82, 2.24) is 0 Å². The van der Waals surface area contributed by atoms with E-state index >= 15 is 0 Å². The second kappa shape index (κ2) is 8.45. The number of hydrogen-bond donors (Lipinski definition) is 1. The summed E-state index contributed by atoms with van der Waals surface area (Å²) in [5.74, 6) is -0.348. The van der Waals surface area contributed by atoms with E-state index in [0.29, 0.717) is 13.0 Å². The zero-order valence-electron chi connectivity index (χ0n) is 12.0. The molecule has 2 N–H and O–H groups in total. The summed E-state index contributed by atoms with van der Waals surface area (Å²) in [7, 11) is 0. The Bertz CT molecular complexity index is 555. The highest BCUT2D eigenvalue weighted by molar-refractivity contribution is 5.85. The minimum absolute atomic E-state index is 0. The van der Waals surface area contributed by atoms with Crippen LogP contribution in [-0.2, 0) is 16.0 Å². The summed E-state index contributed by atoms with van der Waals surface area (Å²) in [6.07, 6.45) is 0.494. The van der Waals surface area contributed by atoms with Crippen LogP contribution in [0, 0.1) is 0 Å². The van der Waals surface area contributed by atoms with Crippen molar-refractivity contribution < 1.29 is 9.53 Å². The summed E-state index contributed by atoms with van der Waals surface area (Å²) in [6.45, 7) is 2.14. The van der Waals surface area contributed by atoms with Gasteiger partial charge >= 0.3 is 5.97 Å². The molecule has 21 heavy (non-hydrogen) atoms. The van der Waals surface area contributed by atoms with Crippen LogP contribution in [0.15, 0.2) is 54.6 Å². The summed E-state index contributed by atoms with van der Waals surface area (Å²) < 4.78 is 4.90. The highest BCUT2D eigenvalue weighted by atomic mass is 35.5. The molecule has 0 aliphatic carbocycles. The molecule has 112 valence electrons. The average molecular weight is 306 g/mol. The van der Waals surface area contributed by atoms with Gasteiger partial charge in [-0.15, -0.1) is 12.4 Å². The van der Waals surface area contributed by atoms with Crippen molar-refractivity contribution in [2.45, 2.75) is 19.4 Å². The molecule has 0 aliphatic heterocycles. The monoisotopic (exact) mass is 305 g/mol. The second-order valence-corrected chi connectivity index (χ2v) is 4.63. The minimum Gasteiger partial charge on any atom is -0.465 e. The largest absolute Gasteiger partial charge is 0.465 e. The summed E-state index contributed by atoms with van der Waals surface area (Å²) >= 11 is 0. The first-order chi connectivity index (χ1) is 9.70. The van der Waals surface area contributed by atoms with Gasteiger partial charge in [0.2, 0.25) is 0 Å². The van der Waals surface area contributed by atoms with E-state index in [0.717, 1.165) is 11.1 Å². The van der Waals surface area contributed by atoms with Crippen molar-refractivity contribution in [3.63, 3.8) is 0 Å². The van der Waals surface area contributed by atoms with Crippen molar-refractivity contribution >= 4 is 18.4 Å². The van der Waals surface area contributed by atoms with Gasteiger partial charge in [-0.05, 0) is 30.0 Å². The SMILES string of the molecule is CCOC(=O)C(N)Cc1ccc(-c2ccccc2)cc1.Cl. The van der Waals surface area contributed by atoms with Crippen LogP contribution in [-0.4, -0.2) is 18.6 Å². The fourth-order valence-electron chi connectivity index (χ4n) is 2.05. The summed E-state index contributed by atoms with van der Waals surface area (Å²) in [4.78, 5) is 11.5. The van der Waals surface area contributed by atoms with E-state index < -0.39 is 6.04 Å². The standard InChI is InChI=1S/C17H19NO2.ClH/c1-2-20-17(19)16(18)12-13-8-10-15(11-9-13)14-6-4-3-5-7-14;/h3-11,16H,2,12,18H2,1H3;1H. The number of ether oxygens (including phenoxy) is 1. The van der Waals surface area contributed by atoms with Crippen LogP contribution in [0.3, 0.4) is 0 Å². The Morgan fingerprint density at radius 2 is 1.62 bits per heavy atom. The Hall–Kier alpha value is -1.84. The van der Waals surface area contributed by atoms with Crippen molar-refractivity contribution in [1.29, 1.82) is 0 Å². The molecule has 0 saturated heterocycles. The van der Waals surface area contributed by atoms with Crippen molar-refractivity contribution in [2.24, 2.45) is 5.73 Å². The van der Waals surface area contributed by atoms with E-state index in [-0.39, 0.29) is 18.4 Å². The summed E-state index contributed by atoms with van der Waals surface area (Å²) in [5, 5.41) is 0. The summed E-state index contributed by atoms with van der Waals surface area (Å²) in [6, 6.07) is 17.7. The van der Waals surface area contributed by atoms with Gasteiger partial charge in [0.05, 0.1) is 6.61 Å². The average Bonchev–Trinajstić information content (AvgIpc) is 2.49. The van der Waals surface area contributed by atoms with E-state index in [1.807, 2.05) is 42.5 Å². The lowest BCUT2D eigenvalue weighted by molar-refractivity contribution is -0.144. The van der Waals surface area contributed by atoms with Gasteiger partial charge < -0.3 is 10.5 Å². The van der Waals surface area contributed by atoms with Gasteiger partial charge in [-0.3, -0.25) is 4.79 Å². The molecular weight excluding hydrogens is 286 g/mol. The molecule has 0 spiro atoms. The molecule has 0 heterocycles. The molecule has 0 amide bonds.